The number of unbranched alkanes of at least 4 members (excludes halogenated alkanes) is 35. The van der Waals surface area contributed by atoms with Crippen molar-refractivity contribution in [1.29, 1.82) is 0 Å². The Labute approximate surface area is 375 Å². The number of esters is 2. The van der Waals surface area contributed by atoms with Gasteiger partial charge in [0.05, 0.1) is 6.61 Å². The number of carbonyl (C=O) groups is 2. The Balaban J connectivity index is 4.17. The third kappa shape index (κ3) is 49.0. The second kappa shape index (κ2) is 51.7. The van der Waals surface area contributed by atoms with Gasteiger partial charge in [-0.2, -0.15) is 0 Å². The molecule has 0 aromatic carbocycles. The summed E-state index contributed by atoms with van der Waals surface area (Å²) in [5.41, 5.74) is 0. The molecule has 0 rings (SSSR count). The van der Waals surface area contributed by atoms with Crippen LogP contribution in [0.1, 0.15) is 290 Å². The summed E-state index contributed by atoms with van der Waals surface area (Å²) in [5.74, 6) is -0.393. The second-order valence-corrected chi connectivity index (χ2v) is 18.1. The van der Waals surface area contributed by atoms with E-state index >= 15 is 0 Å². The smallest absolute Gasteiger partial charge is 0.306 e. The lowest BCUT2D eigenvalue weighted by Gasteiger charge is -2.18. The van der Waals surface area contributed by atoms with Crippen LogP contribution >= 0.6 is 0 Å². The van der Waals surface area contributed by atoms with Gasteiger partial charge in [0.25, 0.3) is 0 Å². The standard InChI is InChI=1S/C55H104O5/c1-4-7-10-13-16-19-22-25-26-27-28-29-30-32-33-36-39-42-45-48-54(56)59-52-53(51-58-50-47-44-41-38-35-24-21-18-15-12-9-6-3)60-55(57)49-46-43-40-37-34-31-23-20-17-14-11-8-5-2/h15,18,20,23,53H,4-14,16-17,19,21-22,24-52H2,1-3H3/b18-15-,23-20-. The molecule has 0 spiro atoms. The van der Waals surface area contributed by atoms with Gasteiger partial charge in [0.1, 0.15) is 6.61 Å². The Hall–Kier alpha value is -1.62. The monoisotopic (exact) mass is 845 g/mol. The molecule has 0 aliphatic carbocycles. The first kappa shape index (κ1) is 58.4. The van der Waals surface area contributed by atoms with E-state index < -0.39 is 6.10 Å². The van der Waals surface area contributed by atoms with E-state index in [1.807, 2.05) is 0 Å². The van der Waals surface area contributed by atoms with E-state index in [1.54, 1.807) is 0 Å². The number of rotatable bonds is 50. The molecule has 1 atom stereocenters. The van der Waals surface area contributed by atoms with Crippen LogP contribution in [0.4, 0.5) is 0 Å². The van der Waals surface area contributed by atoms with Crippen LogP contribution in [0.3, 0.4) is 0 Å². The van der Waals surface area contributed by atoms with Crippen LogP contribution < -0.4 is 0 Å². The van der Waals surface area contributed by atoms with E-state index in [-0.39, 0.29) is 25.2 Å². The van der Waals surface area contributed by atoms with Gasteiger partial charge in [0, 0.05) is 19.4 Å². The van der Waals surface area contributed by atoms with Crippen LogP contribution in [0.25, 0.3) is 0 Å². The van der Waals surface area contributed by atoms with E-state index in [0.29, 0.717) is 19.4 Å². The third-order valence-electron chi connectivity index (χ3n) is 12.0. The lowest BCUT2D eigenvalue weighted by atomic mass is 10.0. The van der Waals surface area contributed by atoms with Crippen molar-refractivity contribution in [3.63, 3.8) is 0 Å². The largest absolute Gasteiger partial charge is 0.462 e. The van der Waals surface area contributed by atoms with Gasteiger partial charge in [0.2, 0.25) is 0 Å². The quantitative estimate of drug-likeness (QED) is 0.0347. The highest BCUT2D eigenvalue weighted by Crippen LogP contribution is 2.16. The number of allylic oxidation sites excluding steroid dienone is 4. The summed E-state index contributed by atoms with van der Waals surface area (Å²) >= 11 is 0. The maximum absolute atomic E-state index is 12.8. The molecule has 0 heterocycles. The van der Waals surface area contributed by atoms with Crippen LogP contribution in [-0.4, -0.2) is 37.9 Å². The van der Waals surface area contributed by atoms with Crippen LogP contribution in [-0.2, 0) is 23.8 Å². The molecule has 0 saturated carbocycles. The zero-order chi connectivity index (χ0) is 43.5. The minimum Gasteiger partial charge on any atom is -0.462 e. The highest BCUT2D eigenvalue weighted by atomic mass is 16.6. The molecule has 5 heteroatoms. The topological polar surface area (TPSA) is 61.8 Å². The maximum Gasteiger partial charge on any atom is 0.306 e. The van der Waals surface area contributed by atoms with E-state index in [0.717, 1.165) is 51.4 Å². The van der Waals surface area contributed by atoms with Crippen molar-refractivity contribution in [3.05, 3.63) is 24.3 Å². The molecule has 60 heavy (non-hydrogen) atoms. The fourth-order valence-electron chi connectivity index (χ4n) is 7.90. The molecule has 0 aromatic heterocycles. The van der Waals surface area contributed by atoms with Gasteiger partial charge in [-0.05, 0) is 64.2 Å². The molecule has 0 aliphatic rings. The molecule has 354 valence electrons. The minimum atomic E-state index is -0.536. The Morgan fingerprint density at radius 2 is 0.667 bits per heavy atom. The van der Waals surface area contributed by atoms with Crippen molar-refractivity contribution < 1.29 is 23.8 Å². The average molecular weight is 845 g/mol. The first-order chi connectivity index (χ1) is 29.6. The van der Waals surface area contributed by atoms with Crippen molar-refractivity contribution in [2.45, 2.75) is 297 Å². The third-order valence-corrected chi connectivity index (χ3v) is 12.0. The van der Waals surface area contributed by atoms with Crippen molar-refractivity contribution >= 4 is 11.9 Å². The predicted molar refractivity (Wildman–Crippen MR) is 261 cm³/mol. The van der Waals surface area contributed by atoms with Crippen LogP contribution in [0.15, 0.2) is 24.3 Å². The van der Waals surface area contributed by atoms with E-state index in [4.69, 9.17) is 14.2 Å². The van der Waals surface area contributed by atoms with Crippen molar-refractivity contribution in [2.24, 2.45) is 0 Å². The van der Waals surface area contributed by atoms with E-state index in [9.17, 15) is 9.59 Å². The molecule has 0 bridgehead atoms. The van der Waals surface area contributed by atoms with Gasteiger partial charge < -0.3 is 14.2 Å². The highest BCUT2D eigenvalue weighted by Gasteiger charge is 2.17. The molecule has 0 N–H and O–H groups in total. The van der Waals surface area contributed by atoms with Gasteiger partial charge in [-0.25, -0.2) is 0 Å². The molecular formula is C55H104O5. The molecule has 5 nitrogen and oxygen atoms in total. The van der Waals surface area contributed by atoms with Crippen molar-refractivity contribution in [3.8, 4) is 0 Å². The summed E-state index contributed by atoms with van der Waals surface area (Å²) in [4.78, 5) is 25.4. The van der Waals surface area contributed by atoms with E-state index in [1.165, 1.54) is 205 Å². The maximum atomic E-state index is 12.8. The van der Waals surface area contributed by atoms with Crippen LogP contribution in [0, 0.1) is 0 Å². The van der Waals surface area contributed by atoms with Gasteiger partial charge >= 0.3 is 11.9 Å². The van der Waals surface area contributed by atoms with Crippen LogP contribution in [0.5, 0.6) is 0 Å². The Morgan fingerprint density at radius 1 is 0.350 bits per heavy atom. The van der Waals surface area contributed by atoms with Gasteiger partial charge in [-0.3, -0.25) is 9.59 Å². The Morgan fingerprint density at radius 3 is 1.08 bits per heavy atom. The SMILES string of the molecule is CCCC/C=C\CCCCCCCCOCC(COC(=O)CCCCCCCCCCCCCCCCCCCCC)OC(=O)CCCCCCC/C=C\CCCCCC. The molecule has 0 amide bonds. The predicted octanol–water partition coefficient (Wildman–Crippen LogP) is 18.0. The number of ether oxygens (including phenoxy) is 3. The van der Waals surface area contributed by atoms with Crippen molar-refractivity contribution in [1.82, 2.24) is 0 Å². The van der Waals surface area contributed by atoms with Gasteiger partial charge in [0.15, 0.2) is 6.10 Å². The molecule has 0 fully saturated rings. The summed E-state index contributed by atoms with van der Waals surface area (Å²) < 4.78 is 17.4. The number of carbonyl (C=O) groups excluding carboxylic acids is 2. The van der Waals surface area contributed by atoms with E-state index in [2.05, 4.69) is 45.1 Å². The molecular weight excluding hydrogens is 741 g/mol. The Bertz CT molecular complexity index is 913. The second-order valence-electron chi connectivity index (χ2n) is 18.1. The molecule has 0 aromatic rings. The average Bonchev–Trinajstić information content (AvgIpc) is 3.25. The number of hydrogen-bond acceptors (Lipinski definition) is 5. The fraction of sp³-hybridized carbons (Fsp3) is 0.891. The normalized spacial score (nSPS) is 12.2. The van der Waals surface area contributed by atoms with Crippen molar-refractivity contribution in [2.75, 3.05) is 19.8 Å². The van der Waals surface area contributed by atoms with Crippen LogP contribution in [0.2, 0.25) is 0 Å². The summed E-state index contributed by atoms with van der Waals surface area (Å²) in [6.45, 7) is 7.81. The minimum absolute atomic E-state index is 0.0860. The molecule has 0 radical (unpaired) electrons. The summed E-state index contributed by atoms with van der Waals surface area (Å²) in [6, 6.07) is 0. The fourth-order valence-corrected chi connectivity index (χ4v) is 7.90. The summed E-state index contributed by atoms with van der Waals surface area (Å²) in [5, 5.41) is 0. The molecule has 0 saturated heterocycles. The summed E-state index contributed by atoms with van der Waals surface area (Å²) in [6.07, 6.45) is 60.5. The van der Waals surface area contributed by atoms with Gasteiger partial charge in [-0.1, -0.05) is 238 Å². The van der Waals surface area contributed by atoms with Gasteiger partial charge in [-0.15, -0.1) is 0 Å². The molecule has 0 aliphatic heterocycles. The highest BCUT2D eigenvalue weighted by molar-refractivity contribution is 5.70. The zero-order valence-electron chi connectivity index (χ0n) is 40.7. The lowest BCUT2D eigenvalue weighted by molar-refractivity contribution is -0.163. The zero-order valence-corrected chi connectivity index (χ0v) is 40.7. The molecule has 1 unspecified atom stereocenters. The lowest BCUT2D eigenvalue weighted by Crippen LogP contribution is -2.30. The Kier molecular flexibility index (Phi) is 50.3. The first-order valence-electron chi connectivity index (χ1n) is 26.9. The number of hydrogen-bond donors (Lipinski definition) is 0. The first-order valence-corrected chi connectivity index (χ1v) is 26.9. The summed E-state index contributed by atoms with van der Waals surface area (Å²) in [7, 11) is 0.